The molecular weight excluding hydrogens is 465 g/mol. The van der Waals surface area contributed by atoms with Crippen LogP contribution in [0.4, 0.5) is 13.2 Å². The molecule has 0 unspecified atom stereocenters. The van der Waals surface area contributed by atoms with Crippen molar-refractivity contribution in [1.29, 1.82) is 0 Å². The van der Waals surface area contributed by atoms with E-state index in [9.17, 15) is 18.0 Å². The third-order valence-electron chi connectivity index (χ3n) is 4.07. The lowest BCUT2D eigenvalue weighted by Crippen LogP contribution is -2.21. The molecule has 10 heteroatoms. The molecule has 0 fully saturated rings. The third kappa shape index (κ3) is 5.78. The summed E-state index contributed by atoms with van der Waals surface area (Å²) >= 11 is 0. The van der Waals surface area contributed by atoms with Crippen LogP contribution in [0.3, 0.4) is 0 Å². The molecule has 4 aromatic rings. The molecule has 0 aliphatic rings. The number of hydrogen-bond acceptors (Lipinski definition) is 5. The minimum atomic E-state index is -6.09. The van der Waals surface area contributed by atoms with E-state index in [2.05, 4.69) is 54.6 Å². The zero-order chi connectivity index (χ0) is 23.4. The van der Waals surface area contributed by atoms with Crippen molar-refractivity contribution in [2.24, 2.45) is 0 Å². The molecule has 0 atom stereocenters. The number of benzene rings is 3. The van der Waals surface area contributed by atoms with E-state index in [-0.39, 0.29) is 16.5 Å². The average Bonchev–Trinajstić information content (AvgIpc) is 2.74. The zero-order valence-corrected chi connectivity index (χ0v) is 17.8. The molecule has 0 N–H and O–H groups in total. The van der Waals surface area contributed by atoms with Gasteiger partial charge in [0.2, 0.25) is 0 Å². The van der Waals surface area contributed by atoms with Gasteiger partial charge >= 0.3 is 11.1 Å². The molecule has 1 aromatic heterocycles. The maximum atomic E-state index is 11.5. The van der Waals surface area contributed by atoms with Crippen LogP contribution in [0.25, 0.3) is 11.0 Å². The Bertz CT molecular complexity index is 1310. The van der Waals surface area contributed by atoms with Crippen LogP contribution in [0.1, 0.15) is 0 Å². The lowest BCUT2D eigenvalue weighted by atomic mass is 10.2. The van der Waals surface area contributed by atoms with Crippen LogP contribution in [0.15, 0.2) is 115 Å². The molecule has 0 radical (unpaired) electrons. The van der Waals surface area contributed by atoms with Crippen LogP contribution in [-0.4, -0.2) is 18.5 Å². The van der Waals surface area contributed by atoms with Gasteiger partial charge < -0.3 is 8.97 Å². The van der Waals surface area contributed by atoms with E-state index in [0.717, 1.165) is 10.3 Å². The Morgan fingerprint density at radius 2 is 1.22 bits per heavy atom. The first kappa shape index (κ1) is 23.6. The van der Waals surface area contributed by atoms with Crippen LogP contribution in [0, 0.1) is 0 Å². The second-order valence-electron chi connectivity index (χ2n) is 6.29. The first-order chi connectivity index (χ1) is 15.1. The fourth-order valence-electron chi connectivity index (χ4n) is 2.69. The number of rotatable bonds is 3. The number of fused-ring (bicyclic) bond motifs is 1. The van der Waals surface area contributed by atoms with E-state index in [1.807, 2.05) is 24.3 Å². The van der Waals surface area contributed by atoms with Crippen molar-refractivity contribution >= 4 is 32.0 Å². The average molecular weight is 480 g/mol. The minimum Gasteiger partial charge on any atom is -0.741 e. The maximum absolute atomic E-state index is 11.5. The van der Waals surface area contributed by atoms with Gasteiger partial charge in [0.05, 0.1) is 10.9 Å². The molecule has 4 rings (SSSR count). The Morgan fingerprint density at radius 1 is 0.750 bits per heavy atom. The van der Waals surface area contributed by atoms with Crippen molar-refractivity contribution in [3.8, 4) is 0 Å². The van der Waals surface area contributed by atoms with Crippen molar-refractivity contribution in [2.45, 2.75) is 20.2 Å². The first-order valence-corrected chi connectivity index (χ1v) is 11.6. The van der Waals surface area contributed by atoms with Gasteiger partial charge in [0.15, 0.2) is 24.8 Å². The molecular formula is C22H15F3O5S2. The van der Waals surface area contributed by atoms with Gasteiger partial charge in [0, 0.05) is 17.5 Å². The summed E-state index contributed by atoms with van der Waals surface area (Å²) in [7, 11) is -6.33. The van der Waals surface area contributed by atoms with E-state index < -0.39 is 15.6 Å². The topological polar surface area (TPSA) is 87.4 Å². The molecule has 0 aliphatic carbocycles. The van der Waals surface area contributed by atoms with E-state index in [0.29, 0.717) is 5.58 Å². The number of alkyl halides is 3. The van der Waals surface area contributed by atoms with Crippen molar-refractivity contribution < 1.29 is 30.6 Å². The highest BCUT2D eigenvalue weighted by Crippen LogP contribution is 2.32. The lowest BCUT2D eigenvalue weighted by Gasteiger charge is -2.08. The molecule has 166 valence electrons. The second-order valence-corrected chi connectivity index (χ2v) is 9.68. The predicted octanol–water partition coefficient (Wildman–Crippen LogP) is 4.94. The summed E-state index contributed by atoms with van der Waals surface area (Å²) in [5, 5.41) is 0.933. The summed E-state index contributed by atoms with van der Waals surface area (Å²) in [6, 6.07) is 30.2. The van der Waals surface area contributed by atoms with Crippen LogP contribution in [0.2, 0.25) is 0 Å². The van der Waals surface area contributed by atoms with Gasteiger partial charge in [-0.15, -0.1) is 0 Å². The summed E-state index contributed by atoms with van der Waals surface area (Å²) in [5.74, 6) is 0. The largest absolute Gasteiger partial charge is 0.741 e. The molecule has 0 spiro atoms. The molecule has 0 saturated carbocycles. The SMILES string of the molecule is O=S(=O)([O-])C(F)(F)F.O=c1ccc2ccc([S+](c3ccccc3)c3ccccc3)cc2o1. The minimum absolute atomic E-state index is 0.239. The summed E-state index contributed by atoms with van der Waals surface area (Å²) in [5.41, 5.74) is -5.34. The maximum Gasteiger partial charge on any atom is 0.485 e. The standard InChI is InChI=1S/C21H15O2S.CHF3O3S/c22-21-14-12-16-11-13-19(15-20(16)23-21)24(17-7-3-1-4-8-17)18-9-5-2-6-10-18;2-1(3,4)8(5,6)7/h1-15H;(H,5,6,7)/q+1;/p-1. The van der Waals surface area contributed by atoms with Crippen molar-refractivity contribution in [3.63, 3.8) is 0 Å². The van der Waals surface area contributed by atoms with E-state index in [4.69, 9.17) is 17.4 Å². The quantitative estimate of drug-likeness (QED) is 0.179. The van der Waals surface area contributed by atoms with Gasteiger partial charge in [-0.25, -0.2) is 13.2 Å². The van der Waals surface area contributed by atoms with Gasteiger partial charge in [0.1, 0.15) is 5.58 Å². The fourth-order valence-corrected chi connectivity index (χ4v) is 4.79. The van der Waals surface area contributed by atoms with Crippen LogP contribution >= 0.6 is 0 Å². The molecule has 0 saturated heterocycles. The van der Waals surface area contributed by atoms with Crippen molar-refractivity contribution in [1.82, 2.24) is 0 Å². The summed E-state index contributed by atoms with van der Waals surface area (Å²) in [4.78, 5) is 15.1. The smallest absolute Gasteiger partial charge is 0.485 e. The fraction of sp³-hybridized carbons (Fsp3) is 0.0455. The van der Waals surface area contributed by atoms with Gasteiger partial charge in [-0.1, -0.05) is 36.4 Å². The van der Waals surface area contributed by atoms with Crippen LogP contribution < -0.4 is 5.63 Å². The summed E-state index contributed by atoms with van der Waals surface area (Å²) in [6.45, 7) is 0. The van der Waals surface area contributed by atoms with Gasteiger partial charge in [-0.2, -0.15) is 13.2 Å². The summed E-state index contributed by atoms with van der Waals surface area (Å²) < 4.78 is 64.3. The highest BCUT2D eigenvalue weighted by Gasteiger charge is 2.37. The van der Waals surface area contributed by atoms with Crippen LogP contribution in [-0.2, 0) is 21.0 Å². The number of hydrogen-bond donors (Lipinski definition) is 0. The van der Waals surface area contributed by atoms with Crippen molar-refractivity contribution in [2.75, 3.05) is 0 Å². The highest BCUT2D eigenvalue weighted by atomic mass is 32.2. The Kier molecular flexibility index (Phi) is 7.07. The van der Waals surface area contributed by atoms with E-state index in [1.165, 1.54) is 15.9 Å². The molecule has 1 heterocycles. The Balaban J connectivity index is 0.000000312. The molecule has 0 amide bonds. The molecule has 3 aromatic carbocycles. The first-order valence-electron chi connectivity index (χ1n) is 8.97. The normalized spacial score (nSPS) is 11.8. The van der Waals surface area contributed by atoms with Gasteiger partial charge in [0.25, 0.3) is 0 Å². The van der Waals surface area contributed by atoms with Crippen molar-refractivity contribution in [3.05, 3.63) is 101 Å². The molecule has 5 nitrogen and oxygen atoms in total. The van der Waals surface area contributed by atoms with Gasteiger partial charge in [-0.3, -0.25) is 0 Å². The van der Waals surface area contributed by atoms with Crippen LogP contribution in [0.5, 0.6) is 0 Å². The Labute approximate surface area is 184 Å². The zero-order valence-electron chi connectivity index (χ0n) is 16.2. The lowest BCUT2D eigenvalue weighted by molar-refractivity contribution is -0.0517. The predicted molar refractivity (Wildman–Crippen MR) is 113 cm³/mol. The molecule has 0 aliphatic heterocycles. The Morgan fingerprint density at radius 3 is 1.69 bits per heavy atom. The van der Waals surface area contributed by atoms with Gasteiger partial charge in [-0.05, 0) is 42.5 Å². The Hall–Kier alpha value is -3.08. The summed E-state index contributed by atoms with van der Waals surface area (Å²) in [6.07, 6.45) is 0. The highest BCUT2D eigenvalue weighted by molar-refractivity contribution is 7.97. The molecule has 0 bridgehead atoms. The van der Waals surface area contributed by atoms with E-state index in [1.54, 1.807) is 6.07 Å². The third-order valence-corrected chi connectivity index (χ3v) is 6.85. The molecule has 32 heavy (non-hydrogen) atoms. The second kappa shape index (κ2) is 9.60. The monoisotopic (exact) mass is 480 g/mol. The van der Waals surface area contributed by atoms with E-state index >= 15 is 0 Å². The number of halogens is 3.